The Hall–Kier alpha value is -4.52. The number of H-pyrrole nitrogens is 1. The van der Waals surface area contributed by atoms with Crippen LogP contribution in [-0.2, 0) is 35.5 Å². The SMILES string of the molecule is O=C([C@H](O)c1cccc(C(F)(F)F)c1)N1CCCc2nc(C3(c4cccc(-c5ccnc(C(F)(F)F)c5)c4)CC3)[nH]c(=O)c2C1. The van der Waals surface area contributed by atoms with E-state index < -0.39 is 46.6 Å². The van der Waals surface area contributed by atoms with Gasteiger partial charge in [0.15, 0.2) is 6.10 Å². The molecule has 1 aliphatic carbocycles. The molecule has 1 fully saturated rings. The molecule has 13 heteroatoms. The topological polar surface area (TPSA) is 99.2 Å². The molecule has 2 aromatic carbocycles. The number of aliphatic hydroxyl groups is 1. The van der Waals surface area contributed by atoms with E-state index in [0.29, 0.717) is 48.3 Å². The Labute approximate surface area is 252 Å². The van der Waals surface area contributed by atoms with Gasteiger partial charge in [0, 0.05) is 12.7 Å². The molecule has 0 spiro atoms. The van der Waals surface area contributed by atoms with Crippen molar-refractivity contribution < 1.29 is 36.2 Å². The van der Waals surface area contributed by atoms with Crippen molar-refractivity contribution in [2.45, 2.75) is 56.1 Å². The molecule has 2 N–H and O–H groups in total. The Morgan fingerprint density at radius 3 is 2.40 bits per heavy atom. The van der Waals surface area contributed by atoms with Crippen molar-refractivity contribution in [3.8, 4) is 11.1 Å². The van der Waals surface area contributed by atoms with Gasteiger partial charge in [-0.1, -0.05) is 36.4 Å². The summed E-state index contributed by atoms with van der Waals surface area (Å²) in [7, 11) is 0. The van der Waals surface area contributed by atoms with Crippen LogP contribution < -0.4 is 5.56 Å². The normalized spacial score (nSPS) is 16.9. The van der Waals surface area contributed by atoms with Gasteiger partial charge in [-0.05, 0) is 72.2 Å². The van der Waals surface area contributed by atoms with Gasteiger partial charge in [-0.25, -0.2) is 4.98 Å². The van der Waals surface area contributed by atoms with Crippen LogP contribution in [0.1, 0.15) is 64.8 Å². The molecule has 234 valence electrons. The van der Waals surface area contributed by atoms with E-state index in [1.54, 1.807) is 18.2 Å². The van der Waals surface area contributed by atoms with Crippen LogP contribution in [0.3, 0.4) is 0 Å². The van der Waals surface area contributed by atoms with Crippen LogP contribution in [0.15, 0.2) is 71.7 Å². The van der Waals surface area contributed by atoms with Crippen molar-refractivity contribution in [1.29, 1.82) is 0 Å². The summed E-state index contributed by atoms with van der Waals surface area (Å²) in [6, 6.07) is 13.4. The Balaban J connectivity index is 1.26. The Kier molecular flexibility index (Phi) is 7.54. The van der Waals surface area contributed by atoms with E-state index in [1.165, 1.54) is 17.0 Å². The number of nitrogens with one attached hydrogen (secondary N) is 1. The lowest BCUT2D eigenvalue weighted by Gasteiger charge is -2.24. The molecule has 0 saturated heterocycles. The minimum absolute atomic E-state index is 0.152. The lowest BCUT2D eigenvalue weighted by molar-refractivity contribution is -0.142. The number of aryl methyl sites for hydroxylation is 1. The zero-order chi connectivity index (χ0) is 32.1. The summed E-state index contributed by atoms with van der Waals surface area (Å²) in [5.74, 6) is -0.413. The number of benzene rings is 2. The van der Waals surface area contributed by atoms with Crippen molar-refractivity contribution in [3.05, 3.63) is 117 Å². The predicted octanol–water partition coefficient (Wildman–Crippen LogP) is 5.96. The molecule has 4 aromatic rings. The van der Waals surface area contributed by atoms with E-state index >= 15 is 0 Å². The van der Waals surface area contributed by atoms with Gasteiger partial charge in [0.25, 0.3) is 11.5 Å². The van der Waals surface area contributed by atoms with Gasteiger partial charge >= 0.3 is 12.4 Å². The number of halogens is 6. The van der Waals surface area contributed by atoms with Gasteiger partial charge in [-0.3, -0.25) is 14.6 Å². The highest BCUT2D eigenvalue weighted by molar-refractivity contribution is 5.82. The van der Waals surface area contributed by atoms with Crippen LogP contribution in [0.5, 0.6) is 0 Å². The number of alkyl halides is 6. The Morgan fingerprint density at radius 2 is 1.69 bits per heavy atom. The lowest BCUT2D eigenvalue weighted by Crippen LogP contribution is -2.36. The number of aliphatic hydroxyl groups excluding tert-OH is 1. The number of hydrogen-bond acceptors (Lipinski definition) is 5. The highest BCUT2D eigenvalue weighted by Crippen LogP contribution is 2.52. The van der Waals surface area contributed by atoms with E-state index in [4.69, 9.17) is 4.98 Å². The van der Waals surface area contributed by atoms with Crippen molar-refractivity contribution in [1.82, 2.24) is 19.9 Å². The molecule has 1 saturated carbocycles. The zero-order valence-corrected chi connectivity index (χ0v) is 23.5. The molecule has 3 heterocycles. The van der Waals surface area contributed by atoms with Crippen LogP contribution in [-0.4, -0.2) is 37.4 Å². The first-order valence-corrected chi connectivity index (χ1v) is 14.2. The fourth-order valence-corrected chi connectivity index (χ4v) is 5.79. The number of nitrogens with zero attached hydrogens (tertiary/aromatic N) is 3. The minimum atomic E-state index is -4.65. The first kappa shape index (κ1) is 30.5. The third kappa shape index (κ3) is 5.96. The molecule has 6 rings (SSSR count). The molecule has 7 nitrogen and oxygen atoms in total. The third-order valence-corrected chi connectivity index (χ3v) is 8.37. The molecule has 2 aromatic heterocycles. The smallest absolute Gasteiger partial charge is 0.378 e. The van der Waals surface area contributed by atoms with Gasteiger partial charge in [0.2, 0.25) is 0 Å². The van der Waals surface area contributed by atoms with E-state index in [2.05, 4.69) is 9.97 Å². The maximum Gasteiger partial charge on any atom is 0.433 e. The van der Waals surface area contributed by atoms with E-state index in [0.717, 1.165) is 36.0 Å². The summed E-state index contributed by atoms with van der Waals surface area (Å²) in [6.45, 7) is -0.0299. The van der Waals surface area contributed by atoms with Gasteiger partial charge in [-0.15, -0.1) is 0 Å². The quantitative estimate of drug-likeness (QED) is 0.266. The van der Waals surface area contributed by atoms with Gasteiger partial charge in [-0.2, -0.15) is 26.3 Å². The minimum Gasteiger partial charge on any atom is -0.378 e. The molecule has 0 radical (unpaired) electrons. The number of hydrogen-bond donors (Lipinski definition) is 2. The molecule has 2 aliphatic rings. The maximum absolute atomic E-state index is 13.4. The number of rotatable bonds is 5. The van der Waals surface area contributed by atoms with Gasteiger partial charge in [0.1, 0.15) is 11.5 Å². The molecular weight excluding hydrogens is 602 g/mol. The van der Waals surface area contributed by atoms with Crippen molar-refractivity contribution >= 4 is 5.91 Å². The summed E-state index contributed by atoms with van der Waals surface area (Å²) in [5, 5.41) is 10.7. The van der Waals surface area contributed by atoms with Gasteiger partial charge in [0.05, 0.1) is 28.8 Å². The molecule has 1 atom stereocenters. The number of aromatic nitrogens is 3. The molecule has 45 heavy (non-hydrogen) atoms. The first-order chi connectivity index (χ1) is 21.3. The van der Waals surface area contributed by atoms with E-state index in [9.17, 15) is 41.0 Å². The standard InChI is InChI=1S/C32H26F6N4O3/c33-31(34,35)22-7-2-5-20(15-22)26(43)28(45)42-13-3-8-24-23(17-42)27(44)41-29(40-24)30(10-11-30)21-6-1-4-18(14-21)19-9-12-39-25(16-19)32(36,37)38/h1-2,4-7,9,12,14-16,26,43H,3,8,10-11,13,17H2,(H,40,41,44)/t26-/m1/s1. The highest BCUT2D eigenvalue weighted by Gasteiger charge is 2.49. The lowest BCUT2D eigenvalue weighted by atomic mass is 9.91. The van der Waals surface area contributed by atoms with Crippen LogP contribution >= 0.6 is 0 Å². The number of carbonyl (C=O) groups excluding carboxylic acids is 1. The Bertz CT molecular complexity index is 1830. The summed E-state index contributed by atoms with van der Waals surface area (Å²) in [6.07, 6.45) is -7.93. The second-order valence-electron chi connectivity index (χ2n) is 11.3. The van der Waals surface area contributed by atoms with Gasteiger partial charge < -0.3 is 15.0 Å². The molecule has 1 amide bonds. The average molecular weight is 629 g/mol. The number of carbonyl (C=O) groups is 1. The summed E-state index contributed by atoms with van der Waals surface area (Å²) >= 11 is 0. The second kappa shape index (κ2) is 11.1. The molecular formula is C32H26F6N4O3. The van der Waals surface area contributed by atoms with Crippen molar-refractivity contribution in [2.75, 3.05) is 6.54 Å². The first-order valence-electron chi connectivity index (χ1n) is 14.2. The third-order valence-electron chi connectivity index (χ3n) is 8.37. The number of fused-ring (bicyclic) bond motifs is 1. The summed E-state index contributed by atoms with van der Waals surface area (Å²) < 4.78 is 79.3. The highest BCUT2D eigenvalue weighted by atomic mass is 19.4. The maximum atomic E-state index is 13.4. The zero-order valence-electron chi connectivity index (χ0n) is 23.5. The summed E-state index contributed by atoms with van der Waals surface area (Å²) in [5.41, 5.74) is -0.950. The predicted molar refractivity (Wildman–Crippen MR) is 150 cm³/mol. The second-order valence-corrected chi connectivity index (χ2v) is 11.3. The van der Waals surface area contributed by atoms with Crippen molar-refractivity contribution in [3.63, 3.8) is 0 Å². The summed E-state index contributed by atoms with van der Waals surface area (Å²) in [4.78, 5) is 38.9. The number of pyridine rings is 1. The number of aromatic amines is 1. The molecule has 0 bridgehead atoms. The fraction of sp³-hybridized carbons (Fsp3) is 0.312. The Morgan fingerprint density at radius 1 is 0.956 bits per heavy atom. The molecule has 1 aliphatic heterocycles. The monoisotopic (exact) mass is 628 g/mol. The van der Waals surface area contributed by atoms with Crippen LogP contribution in [0.25, 0.3) is 11.1 Å². The van der Waals surface area contributed by atoms with Crippen LogP contribution in [0, 0.1) is 0 Å². The van der Waals surface area contributed by atoms with Crippen LogP contribution in [0.2, 0.25) is 0 Å². The van der Waals surface area contributed by atoms with E-state index in [1.807, 2.05) is 6.07 Å². The van der Waals surface area contributed by atoms with Crippen LogP contribution in [0.4, 0.5) is 26.3 Å². The van der Waals surface area contributed by atoms with E-state index in [-0.39, 0.29) is 24.2 Å². The largest absolute Gasteiger partial charge is 0.433 e. The molecule has 0 unspecified atom stereocenters. The van der Waals surface area contributed by atoms with Crippen molar-refractivity contribution in [2.24, 2.45) is 0 Å². The number of amides is 1. The average Bonchev–Trinajstić information content (AvgIpc) is 3.85. The fourth-order valence-electron chi connectivity index (χ4n) is 5.79.